The predicted octanol–water partition coefficient (Wildman–Crippen LogP) is 4.50. The summed E-state index contributed by atoms with van der Waals surface area (Å²) >= 11 is 0. The molecule has 0 aliphatic rings. The van der Waals surface area contributed by atoms with Crippen molar-refractivity contribution in [2.24, 2.45) is 0 Å². The number of hydrogen-bond acceptors (Lipinski definition) is 5. The molecule has 0 amide bonds. The number of phenolic OH excluding ortho intramolecular Hbond substituents is 1. The molecular weight excluding hydrogens is 391 g/mol. The van der Waals surface area contributed by atoms with Gasteiger partial charge in [0.15, 0.2) is 0 Å². The van der Waals surface area contributed by atoms with Crippen LogP contribution in [-0.2, 0) is 15.7 Å². The second kappa shape index (κ2) is 9.05. The summed E-state index contributed by atoms with van der Waals surface area (Å²) in [7, 11) is 0. The van der Waals surface area contributed by atoms with Gasteiger partial charge in [-0.1, -0.05) is 12.1 Å². The fraction of sp³-hybridized carbons (Fsp3) is 0.150. The van der Waals surface area contributed by atoms with Crippen molar-refractivity contribution in [1.82, 2.24) is 4.98 Å². The summed E-state index contributed by atoms with van der Waals surface area (Å²) in [6, 6.07) is 9.56. The van der Waals surface area contributed by atoms with Crippen LogP contribution in [0.15, 0.2) is 48.7 Å². The first-order valence-electron chi connectivity index (χ1n) is 8.27. The molecule has 9 heteroatoms. The smallest absolute Gasteiger partial charge is 0.419 e. The van der Waals surface area contributed by atoms with E-state index in [0.717, 1.165) is 12.1 Å². The average molecular weight is 407 g/mol. The van der Waals surface area contributed by atoms with Crippen molar-refractivity contribution in [3.8, 4) is 16.9 Å². The second-order valence-corrected chi connectivity index (χ2v) is 5.65. The molecule has 6 nitrogen and oxygen atoms in total. The van der Waals surface area contributed by atoms with Crippen LogP contribution < -0.4 is 0 Å². The lowest BCUT2D eigenvalue weighted by Gasteiger charge is -2.12. The lowest BCUT2D eigenvalue weighted by Crippen LogP contribution is -2.06. The van der Waals surface area contributed by atoms with Gasteiger partial charge >= 0.3 is 12.1 Å². The number of aromatic nitrogens is 1. The van der Waals surface area contributed by atoms with Gasteiger partial charge in [-0.25, -0.2) is 4.79 Å². The van der Waals surface area contributed by atoms with Crippen LogP contribution in [0.1, 0.15) is 22.8 Å². The van der Waals surface area contributed by atoms with E-state index in [-0.39, 0.29) is 24.2 Å². The van der Waals surface area contributed by atoms with E-state index in [1.54, 1.807) is 25.1 Å². The number of ether oxygens (including phenoxy) is 1. The summed E-state index contributed by atoms with van der Waals surface area (Å²) in [4.78, 5) is 24.6. The fourth-order valence-electron chi connectivity index (χ4n) is 2.66. The predicted molar refractivity (Wildman–Crippen MR) is 98.5 cm³/mol. The van der Waals surface area contributed by atoms with Gasteiger partial charge in [-0.05, 0) is 48.4 Å². The zero-order valence-corrected chi connectivity index (χ0v) is 15.1. The first-order chi connectivity index (χ1) is 13.7. The molecule has 1 aromatic heterocycles. The van der Waals surface area contributed by atoms with Crippen LogP contribution in [0.5, 0.6) is 5.75 Å². The lowest BCUT2D eigenvalue weighted by atomic mass is 9.99. The van der Waals surface area contributed by atoms with Gasteiger partial charge < -0.3 is 14.9 Å². The van der Waals surface area contributed by atoms with Crippen molar-refractivity contribution in [3.05, 3.63) is 59.8 Å². The summed E-state index contributed by atoms with van der Waals surface area (Å²) < 4.78 is 44.1. The quantitative estimate of drug-likeness (QED) is 0.490. The van der Waals surface area contributed by atoms with Gasteiger partial charge in [0.25, 0.3) is 6.47 Å². The number of carbonyl (C=O) groups excluding carboxylic acids is 1. The van der Waals surface area contributed by atoms with Crippen molar-refractivity contribution in [2.45, 2.75) is 13.1 Å². The average Bonchev–Trinajstić information content (AvgIpc) is 2.67. The van der Waals surface area contributed by atoms with Crippen LogP contribution >= 0.6 is 0 Å². The lowest BCUT2D eigenvalue weighted by molar-refractivity contribution is -0.138. The number of alkyl halides is 3. The molecule has 1 heterocycles. The van der Waals surface area contributed by atoms with E-state index in [9.17, 15) is 23.1 Å². The number of nitrogens with zero attached hydrogens (tertiary/aromatic N) is 1. The molecule has 152 valence electrons. The van der Waals surface area contributed by atoms with E-state index in [1.165, 1.54) is 18.3 Å². The molecule has 2 aromatic carbocycles. The summed E-state index contributed by atoms with van der Waals surface area (Å²) in [5, 5.41) is 16.8. The highest BCUT2D eigenvalue weighted by Crippen LogP contribution is 2.38. The molecule has 0 aliphatic heterocycles. The third-order valence-corrected chi connectivity index (χ3v) is 3.87. The molecule has 0 aliphatic carbocycles. The van der Waals surface area contributed by atoms with Crippen LogP contribution in [0.25, 0.3) is 22.0 Å². The van der Waals surface area contributed by atoms with E-state index >= 15 is 0 Å². The fourth-order valence-corrected chi connectivity index (χ4v) is 2.66. The molecule has 3 rings (SSSR count). The first kappa shape index (κ1) is 21.7. The third kappa shape index (κ3) is 5.01. The molecule has 3 aromatic rings. The maximum Gasteiger partial charge on any atom is 0.419 e. The van der Waals surface area contributed by atoms with Gasteiger partial charge in [-0.2, -0.15) is 13.2 Å². The molecule has 0 fully saturated rings. The van der Waals surface area contributed by atoms with Crippen molar-refractivity contribution >= 4 is 23.3 Å². The Bertz CT molecular complexity index is 1030. The highest BCUT2D eigenvalue weighted by atomic mass is 19.4. The minimum atomic E-state index is -4.67. The van der Waals surface area contributed by atoms with Gasteiger partial charge in [0.1, 0.15) is 5.75 Å². The topological polar surface area (TPSA) is 96.7 Å². The number of rotatable bonds is 3. The Balaban J connectivity index is 0.000000941. The Kier molecular flexibility index (Phi) is 6.76. The normalized spacial score (nSPS) is 10.8. The molecule has 29 heavy (non-hydrogen) atoms. The Morgan fingerprint density at radius 3 is 2.38 bits per heavy atom. The Hall–Kier alpha value is -3.62. The SMILES string of the molecule is CCOC(=O)c1ccnc2ccc(-c3ccc(O)c(C(F)(F)F)c3)cc12.O=CO. The zero-order chi connectivity index (χ0) is 21.6. The molecule has 0 atom stereocenters. The largest absolute Gasteiger partial charge is 0.507 e. The van der Waals surface area contributed by atoms with Crippen LogP contribution in [-0.4, -0.2) is 34.2 Å². The molecule has 0 saturated heterocycles. The Morgan fingerprint density at radius 2 is 1.76 bits per heavy atom. The molecule has 2 N–H and O–H groups in total. The Labute approximate surface area is 163 Å². The summed E-state index contributed by atoms with van der Waals surface area (Å²) in [6.45, 7) is 1.64. The first-order valence-corrected chi connectivity index (χ1v) is 8.27. The highest BCUT2D eigenvalue weighted by Gasteiger charge is 2.34. The summed E-state index contributed by atoms with van der Waals surface area (Å²) in [6.07, 6.45) is -3.20. The van der Waals surface area contributed by atoms with E-state index in [4.69, 9.17) is 14.6 Å². The number of halogens is 3. The van der Waals surface area contributed by atoms with Crippen molar-refractivity contribution in [3.63, 3.8) is 0 Å². The van der Waals surface area contributed by atoms with Crippen molar-refractivity contribution in [1.29, 1.82) is 0 Å². The summed E-state index contributed by atoms with van der Waals surface area (Å²) in [5.74, 6) is -1.37. The molecule has 0 saturated carbocycles. The van der Waals surface area contributed by atoms with E-state index in [1.807, 2.05) is 0 Å². The van der Waals surface area contributed by atoms with Crippen LogP contribution in [0.2, 0.25) is 0 Å². The number of benzene rings is 2. The van der Waals surface area contributed by atoms with Crippen LogP contribution in [0, 0.1) is 0 Å². The highest BCUT2D eigenvalue weighted by molar-refractivity contribution is 6.04. The third-order valence-electron chi connectivity index (χ3n) is 3.87. The number of aromatic hydroxyl groups is 1. The minimum Gasteiger partial charge on any atom is -0.507 e. The van der Waals surface area contributed by atoms with Gasteiger partial charge in [0, 0.05) is 11.6 Å². The second-order valence-electron chi connectivity index (χ2n) is 5.65. The monoisotopic (exact) mass is 407 g/mol. The molecule has 0 radical (unpaired) electrons. The van der Waals surface area contributed by atoms with E-state index in [2.05, 4.69) is 4.98 Å². The van der Waals surface area contributed by atoms with Crippen molar-refractivity contribution in [2.75, 3.05) is 6.61 Å². The number of pyridine rings is 1. The van der Waals surface area contributed by atoms with E-state index < -0.39 is 23.5 Å². The van der Waals surface area contributed by atoms with Crippen molar-refractivity contribution < 1.29 is 37.7 Å². The maximum atomic E-state index is 13.0. The number of carbonyl (C=O) groups is 2. The van der Waals surface area contributed by atoms with Gasteiger partial charge in [0.2, 0.25) is 0 Å². The number of hydrogen-bond donors (Lipinski definition) is 2. The molecule has 0 bridgehead atoms. The number of carboxylic acid groups (broad SMARTS) is 1. The van der Waals surface area contributed by atoms with Gasteiger partial charge in [-0.3, -0.25) is 9.78 Å². The van der Waals surface area contributed by atoms with E-state index in [0.29, 0.717) is 16.5 Å². The molecular formula is C20H16F3NO5. The number of esters is 1. The maximum absolute atomic E-state index is 13.0. The molecule has 0 spiro atoms. The zero-order valence-electron chi connectivity index (χ0n) is 15.1. The number of fused-ring (bicyclic) bond motifs is 1. The molecule has 0 unspecified atom stereocenters. The minimum absolute atomic E-state index is 0.204. The number of phenols is 1. The standard InChI is InChI=1S/C19H14F3NO3.CH2O2/c1-2-26-18(25)13-7-8-23-16-5-3-11(9-14(13)16)12-4-6-17(24)15(10-12)19(20,21)22;2-1-3/h3-10,24H,2H2,1H3;1H,(H,2,3). The van der Waals surface area contributed by atoms with Crippen LogP contribution in [0.4, 0.5) is 13.2 Å². The van der Waals surface area contributed by atoms with Gasteiger partial charge in [0.05, 0.1) is 23.3 Å². The Morgan fingerprint density at radius 1 is 1.14 bits per heavy atom. The summed E-state index contributed by atoms with van der Waals surface area (Å²) in [5.41, 5.74) is 0.409. The van der Waals surface area contributed by atoms with Crippen LogP contribution in [0.3, 0.4) is 0 Å². The van der Waals surface area contributed by atoms with Gasteiger partial charge in [-0.15, -0.1) is 0 Å².